The number of ketones is 2. The predicted molar refractivity (Wildman–Crippen MR) is 160 cm³/mol. The van der Waals surface area contributed by atoms with Crippen LogP contribution in [0.3, 0.4) is 0 Å². The molecule has 0 spiro atoms. The number of ether oxygens (including phenoxy) is 1. The number of amides is 1. The van der Waals surface area contributed by atoms with Crippen LogP contribution in [0.4, 0.5) is 5.69 Å². The number of benzene rings is 2. The molecule has 6 nitrogen and oxygen atoms in total. The lowest BCUT2D eigenvalue weighted by atomic mass is 9.64. The maximum atomic E-state index is 13.7. The summed E-state index contributed by atoms with van der Waals surface area (Å²) in [5.41, 5.74) is 6.30. The van der Waals surface area contributed by atoms with Crippen LogP contribution in [0.25, 0.3) is 0 Å². The third kappa shape index (κ3) is 5.53. The first-order chi connectivity index (χ1) is 18.7. The molecule has 1 aliphatic heterocycles. The van der Waals surface area contributed by atoms with Crippen LogP contribution in [0.15, 0.2) is 63.4 Å². The number of carbonyl (C=O) groups excluding carboxylic acids is 3. The number of Topliss-reactive ketones (excluding diaryl/α,β-unsaturated/α-hetero) is 2. The summed E-state index contributed by atoms with van der Waals surface area (Å²) in [6, 6.07) is 11.4. The molecule has 210 valence electrons. The average Bonchev–Trinajstić information content (AvgIpc) is 2.83. The van der Waals surface area contributed by atoms with Crippen LogP contribution in [0.2, 0.25) is 0 Å². The minimum absolute atomic E-state index is 0.0477. The van der Waals surface area contributed by atoms with Gasteiger partial charge in [-0.15, -0.1) is 0 Å². The Bertz CT molecular complexity index is 1450. The molecule has 40 heavy (non-hydrogen) atoms. The molecule has 2 aromatic carbocycles. The van der Waals surface area contributed by atoms with E-state index in [9.17, 15) is 14.4 Å². The summed E-state index contributed by atoms with van der Waals surface area (Å²) in [5, 5.41) is 6.50. The Morgan fingerprint density at radius 2 is 1.55 bits per heavy atom. The normalized spacial score (nSPS) is 20.1. The quantitative estimate of drug-likeness (QED) is 0.382. The number of aryl methyl sites for hydroxylation is 1. The fourth-order valence-corrected chi connectivity index (χ4v) is 6.67. The largest absolute Gasteiger partial charge is 0.483 e. The Morgan fingerprint density at radius 3 is 2.15 bits per heavy atom. The highest BCUT2D eigenvalue weighted by Crippen LogP contribution is 2.52. The van der Waals surface area contributed by atoms with E-state index in [1.54, 1.807) is 0 Å². The molecule has 1 amide bonds. The second kappa shape index (κ2) is 10.3. The van der Waals surface area contributed by atoms with Crippen LogP contribution in [0, 0.1) is 24.7 Å². The van der Waals surface area contributed by atoms with E-state index in [0.717, 1.165) is 51.1 Å². The van der Waals surface area contributed by atoms with Crippen molar-refractivity contribution in [2.75, 3.05) is 11.9 Å². The Morgan fingerprint density at radius 1 is 0.950 bits per heavy atom. The summed E-state index contributed by atoms with van der Waals surface area (Å²) in [7, 11) is 0. The molecule has 5 rings (SSSR count). The van der Waals surface area contributed by atoms with E-state index in [2.05, 4.69) is 54.3 Å². The van der Waals surface area contributed by atoms with Crippen molar-refractivity contribution in [3.05, 3.63) is 80.1 Å². The maximum absolute atomic E-state index is 13.7. The Hall–Kier alpha value is -3.19. The van der Waals surface area contributed by atoms with Gasteiger partial charge < -0.3 is 15.4 Å². The molecule has 0 saturated carbocycles. The SMILES string of the molecule is Cc1cccc(NC(=O)COc2ccc(Br)cc2C2C3=C(CC(C)(C)CC3=O)NC3=C2C(=O)CC(C)(C)C3)c1C. The zero-order valence-corrected chi connectivity index (χ0v) is 25.7. The van der Waals surface area contributed by atoms with Crippen molar-refractivity contribution in [3.8, 4) is 5.75 Å². The summed E-state index contributed by atoms with van der Waals surface area (Å²) in [6.07, 6.45) is 2.26. The standard InChI is InChI=1S/C33H37BrN2O4/c1-18-8-7-9-22(19(18)2)36-28(39)17-40-27-11-10-20(34)12-21(27)29-30-23(13-32(3,4)15-25(30)37)35-24-14-33(5,6)16-26(38)31(24)29/h7-12,29,35H,13-17H2,1-6H3,(H,36,39). The van der Waals surface area contributed by atoms with Crippen molar-refractivity contribution in [2.45, 2.75) is 73.1 Å². The van der Waals surface area contributed by atoms with Crippen molar-refractivity contribution >= 4 is 39.1 Å². The number of allylic oxidation sites excluding steroid dienone is 4. The number of anilines is 1. The first-order valence-corrected chi connectivity index (χ1v) is 14.6. The van der Waals surface area contributed by atoms with Gasteiger partial charge in [-0.25, -0.2) is 0 Å². The third-order valence-corrected chi connectivity index (χ3v) is 8.73. The van der Waals surface area contributed by atoms with Gasteiger partial charge in [0.15, 0.2) is 18.2 Å². The van der Waals surface area contributed by atoms with Crippen LogP contribution in [-0.2, 0) is 14.4 Å². The van der Waals surface area contributed by atoms with Crippen LogP contribution < -0.4 is 15.4 Å². The summed E-state index contributed by atoms with van der Waals surface area (Å²) in [4.78, 5) is 40.4. The molecular formula is C33H37BrN2O4. The topological polar surface area (TPSA) is 84.5 Å². The zero-order valence-electron chi connectivity index (χ0n) is 24.1. The van der Waals surface area contributed by atoms with Gasteiger partial charge in [-0.1, -0.05) is 55.8 Å². The molecule has 0 saturated heterocycles. The lowest BCUT2D eigenvalue weighted by Gasteiger charge is -2.44. The summed E-state index contributed by atoms with van der Waals surface area (Å²) in [5.74, 6) is -0.245. The highest BCUT2D eigenvalue weighted by Gasteiger charge is 2.47. The first-order valence-electron chi connectivity index (χ1n) is 13.8. The van der Waals surface area contributed by atoms with Gasteiger partial charge in [0.1, 0.15) is 5.75 Å². The van der Waals surface area contributed by atoms with Crippen LogP contribution in [0.5, 0.6) is 5.75 Å². The molecule has 0 atom stereocenters. The van der Waals surface area contributed by atoms with Gasteiger partial charge in [0.25, 0.3) is 5.91 Å². The molecule has 0 bridgehead atoms. The molecular weight excluding hydrogens is 568 g/mol. The highest BCUT2D eigenvalue weighted by molar-refractivity contribution is 9.10. The smallest absolute Gasteiger partial charge is 0.262 e. The van der Waals surface area contributed by atoms with Crippen LogP contribution >= 0.6 is 15.9 Å². The fraction of sp³-hybridized carbons (Fsp3) is 0.424. The minimum Gasteiger partial charge on any atom is -0.483 e. The molecule has 0 radical (unpaired) electrons. The van der Waals surface area contributed by atoms with Crippen molar-refractivity contribution in [1.82, 2.24) is 5.32 Å². The maximum Gasteiger partial charge on any atom is 0.262 e. The molecule has 0 fully saturated rings. The minimum atomic E-state index is -0.548. The van der Waals surface area contributed by atoms with Crippen LogP contribution in [0.1, 0.15) is 76.0 Å². The highest BCUT2D eigenvalue weighted by atomic mass is 79.9. The molecule has 2 aromatic rings. The van der Waals surface area contributed by atoms with E-state index in [1.807, 2.05) is 50.2 Å². The number of nitrogens with one attached hydrogen (secondary N) is 2. The van der Waals surface area contributed by atoms with E-state index in [4.69, 9.17) is 4.74 Å². The number of halogens is 1. The van der Waals surface area contributed by atoms with Gasteiger partial charge in [-0.3, -0.25) is 14.4 Å². The van der Waals surface area contributed by atoms with E-state index in [-0.39, 0.29) is 34.9 Å². The fourth-order valence-electron chi connectivity index (χ4n) is 6.29. The van der Waals surface area contributed by atoms with E-state index in [1.165, 1.54) is 0 Å². The first kappa shape index (κ1) is 28.3. The van der Waals surface area contributed by atoms with Crippen molar-refractivity contribution < 1.29 is 19.1 Å². The predicted octanol–water partition coefficient (Wildman–Crippen LogP) is 7.06. The van der Waals surface area contributed by atoms with Gasteiger partial charge in [0.05, 0.1) is 0 Å². The summed E-state index contributed by atoms with van der Waals surface area (Å²) in [6.45, 7) is 12.2. The van der Waals surface area contributed by atoms with Crippen molar-refractivity contribution in [1.29, 1.82) is 0 Å². The van der Waals surface area contributed by atoms with Crippen molar-refractivity contribution in [3.63, 3.8) is 0 Å². The van der Waals surface area contributed by atoms with Gasteiger partial charge in [0.2, 0.25) is 0 Å². The summed E-state index contributed by atoms with van der Waals surface area (Å²) < 4.78 is 6.95. The molecule has 0 aromatic heterocycles. The monoisotopic (exact) mass is 604 g/mol. The third-order valence-electron chi connectivity index (χ3n) is 8.24. The van der Waals surface area contributed by atoms with Gasteiger partial charge in [0, 0.05) is 57.0 Å². The molecule has 0 unspecified atom stereocenters. The van der Waals surface area contributed by atoms with E-state index >= 15 is 0 Å². The Kier molecular flexibility index (Phi) is 7.32. The second-order valence-electron chi connectivity index (χ2n) is 13.0. The summed E-state index contributed by atoms with van der Waals surface area (Å²) >= 11 is 3.59. The molecule has 2 aliphatic carbocycles. The van der Waals surface area contributed by atoms with Crippen molar-refractivity contribution in [2.24, 2.45) is 10.8 Å². The Balaban J connectivity index is 1.54. The van der Waals surface area contributed by atoms with Gasteiger partial charge >= 0.3 is 0 Å². The number of hydrogen-bond donors (Lipinski definition) is 2. The van der Waals surface area contributed by atoms with Gasteiger partial charge in [-0.05, 0) is 72.9 Å². The average molecular weight is 606 g/mol. The molecule has 7 heteroatoms. The second-order valence-corrected chi connectivity index (χ2v) is 13.9. The molecule has 2 N–H and O–H groups in total. The number of dihydropyridines is 1. The molecule has 1 heterocycles. The van der Waals surface area contributed by atoms with E-state index < -0.39 is 5.92 Å². The van der Waals surface area contributed by atoms with Crippen LogP contribution in [-0.4, -0.2) is 24.1 Å². The zero-order chi connectivity index (χ0) is 29.0. The lowest BCUT2D eigenvalue weighted by Crippen LogP contribution is -2.42. The van der Waals surface area contributed by atoms with E-state index in [0.29, 0.717) is 29.7 Å². The lowest BCUT2D eigenvalue weighted by molar-refractivity contribution is -0.120. The number of carbonyl (C=O) groups is 3. The Labute approximate surface area is 244 Å². The number of rotatable bonds is 5. The van der Waals surface area contributed by atoms with Gasteiger partial charge in [-0.2, -0.15) is 0 Å². The number of hydrogen-bond acceptors (Lipinski definition) is 5. The molecule has 3 aliphatic rings.